The zero-order valence-electron chi connectivity index (χ0n) is 14.6. The first kappa shape index (κ1) is 19.0. The van der Waals surface area contributed by atoms with E-state index in [4.69, 9.17) is 0 Å². The molecule has 7 heteroatoms. The molecule has 0 unspecified atom stereocenters. The molecule has 0 aliphatic rings. The highest BCUT2D eigenvalue weighted by atomic mass is 32.1. The Labute approximate surface area is 159 Å². The van der Waals surface area contributed by atoms with Gasteiger partial charge < -0.3 is 10.1 Å². The van der Waals surface area contributed by atoms with E-state index in [1.54, 1.807) is 17.5 Å². The normalized spacial score (nSPS) is 10.8. The van der Waals surface area contributed by atoms with Gasteiger partial charge >= 0.3 is 6.61 Å². The topological polar surface area (TPSA) is 51.2 Å². The molecule has 2 aromatic carbocycles. The molecular weight excluding hydrogens is 370 g/mol. The lowest BCUT2D eigenvalue weighted by Gasteiger charge is -2.10. The highest BCUT2D eigenvalue weighted by Gasteiger charge is 2.15. The minimum absolute atomic E-state index is 0.0704. The number of thiazole rings is 1. The van der Waals surface area contributed by atoms with Crippen LogP contribution in [0.5, 0.6) is 5.75 Å². The molecule has 1 N–H and O–H groups in total. The number of benzene rings is 2. The Morgan fingerprint density at radius 3 is 2.74 bits per heavy atom. The fourth-order valence-electron chi connectivity index (χ4n) is 2.55. The van der Waals surface area contributed by atoms with Gasteiger partial charge in [0.2, 0.25) is 5.91 Å². The van der Waals surface area contributed by atoms with Crippen molar-refractivity contribution >= 4 is 17.2 Å². The van der Waals surface area contributed by atoms with Crippen molar-refractivity contribution in [2.24, 2.45) is 0 Å². The minimum atomic E-state index is -2.91. The number of carbonyl (C=O) groups is 1. The number of aryl methyl sites for hydroxylation is 1. The van der Waals surface area contributed by atoms with Gasteiger partial charge in [0.15, 0.2) is 0 Å². The van der Waals surface area contributed by atoms with Crippen molar-refractivity contribution in [3.05, 3.63) is 70.0 Å². The molecule has 0 bridgehead atoms. The van der Waals surface area contributed by atoms with E-state index in [-0.39, 0.29) is 18.1 Å². The number of amides is 1. The highest BCUT2D eigenvalue weighted by molar-refractivity contribution is 7.10. The maximum atomic E-state index is 12.6. The Balaban J connectivity index is 1.68. The standard InChI is InChI=1S/C20H18F2N2O2S/c1-13-7-8-17(26-20(21)22)15(9-13)16-12-27-19(24-16)10-18(25)23-11-14-5-3-2-4-6-14/h2-9,12,20H,10-11H2,1H3,(H,23,25). The van der Waals surface area contributed by atoms with Gasteiger partial charge in [0.1, 0.15) is 10.8 Å². The monoisotopic (exact) mass is 388 g/mol. The zero-order chi connectivity index (χ0) is 19.2. The molecule has 140 valence electrons. The third-order valence-electron chi connectivity index (χ3n) is 3.82. The fourth-order valence-corrected chi connectivity index (χ4v) is 3.35. The van der Waals surface area contributed by atoms with Crippen LogP contribution in [0.1, 0.15) is 16.1 Å². The van der Waals surface area contributed by atoms with Gasteiger partial charge in [-0.25, -0.2) is 4.98 Å². The van der Waals surface area contributed by atoms with E-state index in [1.807, 2.05) is 37.3 Å². The molecule has 1 amide bonds. The summed E-state index contributed by atoms with van der Waals surface area (Å²) in [6.45, 7) is -0.601. The number of halogens is 2. The van der Waals surface area contributed by atoms with Crippen molar-refractivity contribution in [3.8, 4) is 17.0 Å². The summed E-state index contributed by atoms with van der Waals surface area (Å²) < 4.78 is 29.8. The second-order valence-corrected chi connectivity index (χ2v) is 6.89. The van der Waals surface area contributed by atoms with Crippen molar-refractivity contribution in [3.63, 3.8) is 0 Å². The number of alkyl halides is 2. The van der Waals surface area contributed by atoms with Crippen molar-refractivity contribution in [1.82, 2.24) is 10.3 Å². The van der Waals surface area contributed by atoms with Crippen molar-refractivity contribution in [2.45, 2.75) is 26.5 Å². The predicted octanol–water partition coefficient (Wildman–Crippen LogP) is 4.58. The van der Waals surface area contributed by atoms with E-state index in [0.29, 0.717) is 22.8 Å². The van der Waals surface area contributed by atoms with Gasteiger partial charge in [-0.2, -0.15) is 8.78 Å². The van der Waals surface area contributed by atoms with Crippen LogP contribution in [0.15, 0.2) is 53.9 Å². The van der Waals surface area contributed by atoms with Crippen LogP contribution in [0.4, 0.5) is 8.78 Å². The molecule has 0 saturated heterocycles. The van der Waals surface area contributed by atoms with E-state index in [9.17, 15) is 13.6 Å². The van der Waals surface area contributed by atoms with Crippen LogP contribution in [0, 0.1) is 6.92 Å². The van der Waals surface area contributed by atoms with Gasteiger partial charge in [-0.15, -0.1) is 11.3 Å². The van der Waals surface area contributed by atoms with Crippen molar-refractivity contribution < 1.29 is 18.3 Å². The number of hydrogen-bond donors (Lipinski definition) is 1. The molecule has 0 radical (unpaired) electrons. The molecule has 27 heavy (non-hydrogen) atoms. The summed E-state index contributed by atoms with van der Waals surface area (Å²) in [6.07, 6.45) is 0.133. The summed E-state index contributed by atoms with van der Waals surface area (Å²) in [5, 5.41) is 5.20. The Hall–Kier alpha value is -2.80. The summed E-state index contributed by atoms with van der Waals surface area (Å²) >= 11 is 1.31. The Morgan fingerprint density at radius 1 is 1.22 bits per heavy atom. The van der Waals surface area contributed by atoms with Gasteiger partial charge in [0.25, 0.3) is 0 Å². The largest absolute Gasteiger partial charge is 0.434 e. The molecule has 1 heterocycles. The van der Waals surface area contributed by atoms with E-state index in [0.717, 1.165) is 11.1 Å². The van der Waals surface area contributed by atoms with E-state index >= 15 is 0 Å². The second-order valence-electron chi connectivity index (χ2n) is 5.94. The Kier molecular flexibility index (Phi) is 6.13. The Bertz CT molecular complexity index is 913. The van der Waals surface area contributed by atoms with Crippen LogP contribution in [0.25, 0.3) is 11.3 Å². The first-order valence-corrected chi connectivity index (χ1v) is 9.20. The van der Waals surface area contributed by atoms with Crippen molar-refractivity contribution in [2.75, 3.05) is 0 Å². The van der Waals surface area contributed by atoms with Gasteiger partial charge in [0, 0.05) is 17.5 Å². The molecule has 0 saturated carbocycles. The summed E-state index contributed by atoms with van der Waals surface area (Å²) in [4.78, 5) is 16.5. The lowest BCUT2D eigenvalue weighted by molar-refractivity contribution is -0.120. The van der Waals surface area contributed by atoms with Gasteiger partial charge in [-0.3, -0.25) is 4.79 Å². The zero-order valence-corrected chi connectivity index (χ0v) is 15.4. The predicted molar refractivity (Wildman–Crippen MR) is 101 cm³/mol. The third-order valence-corrected chi connectivity index (χ3v) is 4.67. The smallest absolute Gasteiger partial charge is 0.387 e. The number of nitrogens with one attached hydrogen (secondary N) is 1. The average Bonchev–Trinajstić information content (AvgIpc) is 3.10. The molecule has 0 atom stereocenters. The highest BCUT2D eigenvalue weighted by Crippen LogP contribution is 2.33. The average molecular weight is 388 g/mol. The van der Waals surface area contributed by atoms with Crippen LogP contribution in [-0.4, -0.2) is 17.5 Å². The van der Waals surface area contributed by atoms with Crippen LogP contribution in [-0.2, 0) is 17.8 Å². The summed E-state index contributed by atoms with van der Waals surface area (Å²) in [6, 6.07) is 14.6. The molecular formula is C20H18F2N2O2S. The van der Waals surface area contributed by atoms with Crippen molar-refractivity contribution in [1.29, 1.82) is 0 Å². The maximum Gasteiger partial charge on any atom is 0.387 e. The van der Waals surface area contributed by atoms with E-state index in [2.05, 4.69) is 15.0 Å². The number of hydrogen-bond acceptors (Lipinski definition) is 4. The molecule has 1 aromatic heterocycles. The molecule has 4 nitrogen and oxygen atoms in total. The number of ether oxygens (including phenoxy) is 1. The maximum absolute atomic E-state index is 12.6. The molecule has 0 fully saturated rings. The first-order chi connectivity index (χ1) is 13.0. The first-order valence-electron chi connectivity index (χ1n) is 8.32. The van der Waals surface area contributed by atoms with Crippen LogP contribution in [0.2, 0.25) is 0 Å². The number of nitrogens with zero attached hydrogens (tertiary/aromatic N) is 1. The molecule has 0 aliphatic carbocycles. The van der Waals surface area contributed by atoms with Crippen LogP contribution < -0.4 is 10.1 Å². The Morgan fingerprint density at radius 2 is 2.00 bits per heavy atom. The SMILES string of the molecule is Cc1ccc(OC(F)F)c(-c2csc(CC(=O)NCc3ccccc3)n2)c1. The lowest BCUT2D eigenvalue weighted by Crippen LogP contribution is -2.24. The lowest BCUT2D eigenvalue weighted by atomic mass is 10.1. The van der Waals surface area contributed by atoms with Gasteiger partial charge in [-0.1, -0.05) is 42.0 Å². The number of carbonyl (C=O) groups excluding carboxylic acids is 1. The van der Waals surface area contributed by atoms with Gasteiger partial charge in [-0.05, 0) is 24.6 Å². The van der Waals surface area contributed by atoms with Gasteiger partial charge in [0.05, 0.1) is 12.1 Å². The second kappa shape index (κ2) is 8.73. The fraction of sp³-hybridized carbons (Fsp3) is 0.200. The number of rotatable bonds is 7. The molecule has 0 spiro atoms. The molecule has 3 rings (SSSR count). The number of aromatic nitrogens is 1. The van der Waals surface area contributed by atoms with E-state index in [1.165, 1.54) is 17.4 Å². The summed E-state index contributed by atoms with van der Waals surface area (Å²) in [7, 11) is 0. The summed E-state index contributed by atoms with van der Waals surface area (Å²) in [5.74, 6) is -0.0750. The molecule has 3 aromatic rings. The van der Waals surface area contributed by atoms with Crippen LogP contribution >= 0.6 is 11.3 Å². The minimum Gasteiger partial charge on any atom is -0.434 e. The van der Waals surface area contributed by atoms with E-state index < -0.39 is 6.61 Å². The summed E-state index contributed by atoms with van der Waals surface area (Å²) in [5.41, 5.74) is 2.92. The molecule has 0 aliphatic heterocycles. The quantitative estimate of drug-likeness (QED) is 0.645. The third kappa shape index (κ3) is 5.34. The van der Waals surface area contributed by atoms with Crippen LogP contribution in [0.3, 0.4) is 0 Å².